The Morgan fingerprint density at radius 1 is 0.356 bits per heavy atom. The van der Waals surface area contributed by atoms with Crippen LogP contribution < -0.4 is 0 Å². The van der Waals surface area contributed by atoms with Crippen molar-refractivity contribution in [2.24, 2.45) is 0 Å². The Balaban J connectivity index is 4.47. The highest BCUT2D eigenvalue weighted by Gasteiger charge is 2.19. The van der Waals surface area contributed by atoms with E-state index in [0.717, 1.165) is 96.3 Å². The average Bonchev–Trinajstić information content (AvgIpc) is 3.23. The summed E-state index contributed by atoms with van der Waals surface area (Å²) in [5.74, 6) is -1.01. The quantitative estimate of drug-likeness (QED) is 0.0264. The van der Waals surface area contributed by atoms with Gasteiger partial charge in [0.05, 0.1) is 0 Å². The number of allylic oxidation sites excluding steroid dienone is 14. The second-order valence-electron chi connectivity index (χ2n) is 15.6. The number of hydrogen-bond acceptors (Lipinski definition) is 6. The van der Waals surface area contributed by atoms with Crippen molar-refractivity contribution in [3.63, 3.8) is 0 Å². The van der Waals surface area contributed by atoms with Gasteiger partial charge in [-0.25, -0.2) is 0 Å². The fourth-order valence-corrected chi connectivity index (χ4v) is 6.29. The minimum Gasteiger partial charge on any atom is -0.462 e. The van der Waals surface area contributed by atoms with Gasteiger partial charge in [-0.05, 0) is 77.0 Å². The molecule has 0 aromatic rings. The fraction of sp³-hybridized carbons (Fsp3) is 0.679. The Hall–Kier alpha value is -3.41. The SMILES string of the molecule is CC/C=C\C/C=C\C/C=C\C/C=C\C/C=C\C/C=C\CCC(=O)OCC(COC(=O)CCCCCCC/C=C\CCC)OC(=O)CCCCCCCCCCCCCC. The summed E-state index contributed by atoms with van der Waals surface area (Å²) in [6, 6.07) is 0. The molecule has 0 fully saturated rings. The van der Waals surface area contributed by atoms with Gasteiger partial charge in [0.25, 0.3) is 0 Å². The molecule has 0 radical (unpaired) electrons. The molecule has 1 atom stereocenters. The van der Waals surface area contributed by atoms with Crippen LogP contribution in [0.3, 0.4) is 0 Å². The molecule has 1 unspecified atom stereocenters. The van der Waals surface area contributed by atoms with Gasteiger partial charge in [-0.2, -0.15) is 0 Å². The van der Waals surface area contributed by atoms with E-state index in [4.69, 9.17) is 14.2 Å². The highest BCUT2D eigenvalue weighted by molar-refractivity contribution is 5.71. The number of ether oxygens (including phenoxy) is 3. The molecule has 0 N–H and O–H groups in total. The predicted molar refractivity (Wildman–Crippen MR) is 251 cm³/mol. The standard InChI is InChI=1S/C53H88O6/c1-4-7-10-13-16-19-22-24-25-26-27-28-29-30-32-34-37-40-43-46-52(55)58-49-50(48-57-51(54)45-42-39-36-33-21-18-15-12-9-6-3)59-53(56)47-44-41-38-35-31-23-20-17-14-11-8-5-2/h7,10,12,15-16,19,24-25,27-28,30,32,37,40,50H,4-6,8-9,11,13-14,17-18,20-23,26,29,31,33-36,38-39,41-49H2,1-3H3/b10-7-,15-12-,19-16-,25-24-,28-27-,32-30-,40-37-. The molecular weight excluding hydrogens is 733 g/mol. The molecular formula is C53H88O6. The summed E-state index contributed by atoms with van der Waals surface area (Å²) in [7, 11) is 0. The third-order valence-corrected chi connectivity index (χ3v) is 9.88. The summed E-state index contributed by atoms with van der Waals surface area (Å²) in [6.07, 6.45) is 60.1. The maximum Gasteiger partial charge on any atom is 0.306 e. The van der Waals surface area contributed by atoms with Crippen molar-refractivity contribution in [2.45, 2.75) is 219 Å². The third-order valence-electron chi connectivity index (χ3n) is 9.88. The molecule has 0 amide bonds. The van der Waals surface area contributed by atoms with E-state index >= 15 is 0 Å². The number of unbranched alkanes of at least 4 members (excludes halogenated alkanes) is 17. The molecule has 0 rings (SSSR count). The van der Waals surface area contributed by atoms with Crippen LogP contribution in [-0.2, 0) is 28.6 Å². The van der Waals surface area contributed by atoms with Gasteiger partial charge >= 0.3 is 17.9 Å². The zero-order valence-corrected chi connectivity index (χ0v) is 38.2. The maximum absolute atomic E-state index is 12.7. The number of hydrogen-bond donors (Lipinski definition) is 0. The Kier molecular flexibility index (Phi) is 44.5. The van der Waals surface area contributed by atoms with Crippen molar-refractivity contribution < 1.29 is 28.6 Å². The summed E-state index contributed by atoms with van der Waals surface area (Å²) in [6.45, 7) is 6.37. The number of carbonyl (C=O) groups excluding carboxylic acids is 3. The van der Waals surface area contributed by atoms with Gasteiger partial charge < -0.3 is 14.2 Å². The van der Waals surface area contributed by atoms with E-state index in [2.05, 4.69) is 93.7 Å². The fourth-order valence-electron chi connectivity index (χ4n) is 6.29. The van der Waals surface area contributed by atoms with E-state index in [-0.39, 0.29) is 37.5 Å². The molecule has 0 saturated heterocycles. The molecule has 0 aliphatic heterocycles. The smallest absolute Gasteiger partial charge is 0.306 e. The van der Waals surface area contributed by atoms with Crippen LogP contribution in [-0.4, -0.2) is 37.2 Å². The van der Waals surface area contributed by atoms with Crippen molar-refractivity contribution in [3.8, 4) is 0 Å². The van der Waals surface area contributed by atoms with E-state index < -0.39 is 6.10 Å². The van der Waals surface area contributed by atoms with Crippen LogP contribution in [0.1, 0.15) is 213 Å². The van der Waals surface area contributed by atoms with Gasteiger partial charge in [0, 0.05) is 19.3 Å². The first-order chi connectivity index (χ1) is 29.0. The average molecular weight is 821 g/mol. The van der Waals surface area contributed by atoms with E-state index in [1.807, 2.05) is 12.2 Å². The zero-order chi connectivity index (χ0) is 43.0. The molecule has 0 heterocycles. The summed E-state index contributed by atoms with van der Waals surface area (Å²) in [5.41, 5.74) is 0. The van der Waals surface area contributed by atoms with Gasteiger partial charge in [0.1, 0.15) is 13.2 Å². The second-order valence-corrected chi connectivity index (χ2v) is 15.6. The minimum absolute atomic E-state index is 0.104. The largest absolute Gasteiger partial charge is 0.462 e. The molecule has 59 heavy (non-hydrogen) atoms. The van der Waals surface area contributed by atoms with Crippen LogP contribution >= 0.6 is 0 Å². The van der Waals surface area contributed by atoms with Crippen LogP contribution in [0.15, 0.2) is 85.1 Å². The zero-order valence-electron chi connectivity index (χ0n) is 38.2. The summed E-state index contributed by atoms with van der Waals surface area (Å²) in [5, 5.41) is 0. The van der Waals surface area contributed by atoms with Gasteiger partial charge in [0.15, 0.2) is 6.10 Å². The molecule has 6 heteroatoms. The van der Waals surface area contributed by atoms with Crippen molar-refractivity contribution in [2.75, 3.05) is 13.2 Å². The van der Waals surface area contributed by atoms with E-state index in [1.54, 1.807) is 0 Å². The summed E-state index contributed by atoms with van der Waals surface area (Å²) < 4.78 is 16.6. The lowest BCUT2D eigenvalue weighted by Gasteiger charge is -2.18. The number of carbonyl (C=O) groups is 3. The topological polar surface area (TPSA) is 78.9 Å². The monoisotopic (exact) mass is 821 g/mol. The minimum atomic E-state index is -0.806. The lowest BCUT2D eigenvalue weighted by Crippen LogP contribution is -2.30. The lowest BCUT2D eigenvalue weighted by atomic mass is 10.0. The van der Waals surface area contributed by atoms with Crippen molar-refractivity contribution in [1.82, 2.24) is 0 Å². The highest BCUT2D eigenvalue weighted by atomic mass is 16.6. The first kappa shape index (κ1) is 55.6. The Labute approximate surface area is 363 Å². The van der Waals surface area contributed by atoms with Crippen LogP contribution in [0.5, 0.6) is 0 Å². The highest BCUT2D eigenvalue weighted by Crippen LogP contribution is 2.14. The molecule has 0 spiro atoms. The molecule has 0 saturated carbocycles. The van der Waals surface area contributed by atoms with Gasteiger partial charge in [-0.3, -0.25) is 14.4 Å². The van der Waals surface area contributed by atoms with E-state index in [1.165, 1.54) is 70.6 Å². The summed E-state index contributed by atoms with van der Waals surface area (Å²) >= 11 is 0. The van der Waals surface area contributed by atoms with E-state index in [0.29, 0.717) is 19.3 Å². The third kappa shape index (κ3) is 45.5. The molecule has 6 nitrogen and oxygen atoms in total. The van der Waals surface area contributed by atoms with Gasteiger partial charge in [0.2, 0.25) is 0 Å². The molecule has 0 aliphatic rings. The molecule has 0 bridgehead atoms. The Bertz CT molecular complexity index is 1170. The molecule has 0 aromatic carbocycles. The first-order valence-corrected chi connectivity index (χ1v) is 24.1. The van der Waals surface area contributed by atoms with Crippen LogP contribution in [0.25, 0.3) is 0 Å². The normalized spacial score (nSPS) is 12.8. The number of rotatable bonds is 42. The lowest BCUT2D eigenvalue weighted by molar-refractivity contribution is -0.166. The van der Waals surface area contributed by atoms with Crippen LogP contribution in [0.2, 0.25) is 0 Å². The van der Waals surface area contributed by atoms with Crippen molar-refractivity contribution in [1.29, 1.82) is 0 Å². The Morgan fingerprint density at radius 2 is 0.729 bits per heavy atom. The van der Waals surface area contributed by atoms with E-state index in [9.17, 15) is 14.4 Å². The first-order valence-electron chi connectivity index (χ1n) is 24.1. The van der Waals surface area contributed by atoms with Crippen LogP contribution in [0.4, 0.5) is 0 Å². The predicted octanol–water partition coefficient (Wildman–Crippen LogP) is 15.6. The molecule has 0 aromatic heterocycles. The second kappa shape index (κ2) is 47.3. The van der Waals surface area contributed by atoms with Crippen molar-refractivity contribution >= 4 is 17.9 Å². The Morgan fingerprint density at radius 3 is 1.20 bits per heavy atom. The number of esters is 3. The van der Waals surface area contributed by atoms with Crippen LogP contribution in [0, 0.1) is 0 Å². The molecule has 336 valence electrons. The summed E-state index contributed by atoms with van der Waals surface area (Å²) in [4.78, 5) is 37.8. The van der Waals surface area contributed by atoms with Gasteiger partial charge in [-0.15, -0.1) is 0 Å². The maximum atomic E-state index is 12.7. The molecule has 0 aliphatic carbocycles. The van der Waals surface area contributed by atoms with Crippen molar-refractivity contribution in [3.05, 3.63) is 85.1 Å². The van der Waals surface area contributed by atoms with Gasteiger partial charge in [-0.1, -0.05) is 202 Å².